The van der Waals surface area contributed by atoms with Crippen LogP contribution >= 0.6 is 0 Å². The molecule has 0 fully saturated rings. The topological polar surface area (TPSA) is 3.24 Å². The lowest BCUT2D eigenvalue weighted by atomic mass is 9.78. The molecule has 0 aliphatic heterocycles. The highest BCUT2D eigenvalue weighted by atomic mass is 15.1. The molecule has 2 rings (SSSR count). The minimum absolute atomic E-state index is 0.287. The predicted octanol–water partition coefficient (Wildman–Crippen LogP) is 7.05. The monoisotopic (exact) mass is 323 g/mol. The maximum Gasteiger partial charge on any atom is 0.0408 e. The Balaban J connectivity index is 2.19. The Morgan fingerprint density at radius 1 is 0.833 bits per heavy atom. The summed E-state index contributed by atoms with van der Waals surface area (Å²) in [6.45, 7) is 11.5. The number of rotatable bonds is 7. The van der Waals surface area contributed by atoms with Crippen LogP contribution in [-0.2, 0) is 5.41 Å². The van der Waals surface area contributed by atoms with Gasteiger partial charge in [-0.25, -0.2) is 0 Å². The first-order valence-corrected chi connectivity index (χ1v) is 9.39. The van der Waals surface area contributed by atoms with Crippen molar-refractivity contribution in [1.82, 2.24) is 0 Å². The van der Waals surface area contributed by atoms with Crippen molar-refractivity contribution < 1.29 is 0 Å². The fourth-order valence-corrected chi connectivity index (χ4v) is 3.16. The molecule has 130 valence electrons. The third-order valence-corrected chi connectivity index (χ3v) is 5.97. The van der Waals surface area contributed by atoms with E-state index >= 15 is 0 Å². The fourth-order valence-electron chi connectivity index (χ4n) is 3.16. The van der Waals surface area contributed by atoms with Crippen molar-refractivity contribution in [3.63, 3.8) is 0 Å². The summed E-state index contributed by atoms with van der Waals surface area (Å²) in [4.78, 5) is 2.26. The van der Waals surface area contributed by atoms with E-state index in [9.17, 15) is 0 Å². The SMILES string of the molecule is CCC(C)c1ccc(N(C)c2ccc(C(C)(CC)CC)cc2)cc1. The van der Waals surface area contributed by atoms with Crippen molar-refractivity contribution in [2.24, 2.45) is 0 Å². The molecule has 24 heavy (non-hydrogen) atoms. The lowest BCUT2D eigenvalue weighted by molar-refractivity contribution is 0.439. The molecule has 0 aliphatic carbocycles. The zero-order valence-corrected chi connectivity index (χ0v) is 16.3. The Hall–Kier alpha value is -1.76. The minimum atomic E-state index is 0.287. The summed E-state index contributed by atoms with van der Waals surface area (Å²) in [6, 6.07) is 18.1. The molecular weight excluding hydrogens is 290 g/mol. The molecule has 0 saturated heterocycles. The molecule has 0 heterocycles. The van der Waals surface area contributed by atoms with Crippen LogP contribution in [0.25, 0.3) is 0 Å². The van der Waals surface area contributed by atoms with Gasteiger partial charge in [0.15, 0.2) is 0 Å². The average molecular weight is 324 g/mol. The molecule has 1 nitrogen and oxygen atoms in total. The molecule has 0 N–H and O–H groups in total. The summed E-state index contributed by atoms with van der Waals surface area (Å²) in [5.41, 5.74) is 5.63. The molecule has 0 saturated carbocycles. The van der Waals surface area contributed by atoms with Gasteiger partial charge in [0.25, 0.3) is 0 Å². The molecule has 0 spiro atoms. The number of hydrogen-bond acceptors (Lipinski definition) is 1. The highest BCUT2D eigenvalue weighted by molar-refractivity contribution is 5.63. The van der Waals surface area contributed by atoms with Crippen LogP contribution < -0.4 is 4.90 Å². The molecule has 1 atom stereocenters. The Morgan fingerprint density at radius 2 is 1.29 bits per heavy atom. The van der Waals surface area contributed by atoms with Crippen molar-refractivity contribution in [1.29, 1.82) is 0 Å². The van der Waals surface area contributed by atoms with Crippen LogP contribution in [0.15, 0.2) is 48.5 Å². The van der Waals surface area contributed by atoms with Crippen LogP contribution in [0, 0.1) is 0 Å². The van der Waals surface area contributed by atoms with Gasteiger partial charge in [-0.15, -0.1) is 0 Å². The van der Waals surface area contributed by atoms with Crippen molar-refractivity contribution in [3.05, 3.63) is 59.7 Å². The predicted molar refractivity (Wildman–Crippen MR) is 108 cm³/mol. The lowest BCUT2D eigenvalue weighted by Crippen LogP contribution is -2.19. The van der Waals surface area contributed by atoms with E-state index in [0.717, 1.165) is 0 Å². The molecule has 2 aromatic rings. The van der Waals surface area contributed by atoms with E-state index in [1.807, 2.05) is 0 Å². The summed E-state index contributed by atoms with van der Waals surface area (Å²) in [7, 11) is 2.14. The summed E-state index contributed by atoms with van der Waals surface area (Å²) >= 11 is 0. The quantitative estimate of drug-likeness (QED) is 0.528. The number of hydrogen-bond donors (Lipinski definition) is 0. The Morgan fingerprint density at radius 3 is 1.71 bits per heavy atom. The van der Waals surface area contributed by atoms with Gasteiger partial charge < -0.3 is 4.90 Å². The molecule has 0 bridgehead atoms. The van der Waals surface area contributed by atoms with Crippen LogP contribution in [0.4, 0.5) is 11.4 Å². The van der Waals surface area contributed by atoms with Gasteiger partial charge in [-0.05, 0) is 66.0 Å². The van der Waals surface area contributed by atoms with Crippen LogP contribution in [0.5, 0.6) is 0 Å². The first-order chi connectivity index (χ1) is 11.4. The molecule has 2 aromatic carbocycles. The van der Waals surface area contributed by atoms with Crippen LogP contribution in [0.2, 0.25) is 0 Å². The highest BCUT2D eigenvalue weighted by Crippen LogP contribution is 2.33. The van der Waals surface area contributed by atoms with Gasteiger partial charge in [0.05, 0.1) is 0 Å². The second-order valence-corrected chi connectivity index (χ2v) is 7.27. The van der Waals surface area contributed by atoms with Gasteiger partial charge in [-0.1, -0.05) is 58.9 Å². The number of nitrogens with zero attached hydrogens (tertiary/aromatic N) is 1. The first-order valence-electron chi connectivity index (χ1n) is 9.39. The normalized spacial score (nSPS) is 12.9. The average Bonchev–Trinajstić information content (AvgIpc) is 2.66. The van der Waals surface area contributed by atoms with E-state index in [2.05, 4.69) is 95.1 Å². The molecule has 1 unspecified atom stereocenters. The molecule has 1 heteroatoms. The van der Waals surface area contributed by atoms with E-state index in [4.69, 9.17) is 0 Å². The van der Waals surface area contributed by atoms with E-state index in [0.29, 0.717) is 5.92 Å². The first kappa shape index (κ1) is 18.6. The van der Waals surface area contributed by atoms with E-state index in [-0.39, 0.29) is 5.41 Å². The van der Waals surface area contributed by atoms with Gasteiger partial charge in [0.2, 0.25) is 0 Å². The second-order valence-electron chi connectivity index (χ2n) is 7.27. The van der Waals surface area contributed by atoms with Crippen LogP contribution in [-0.4, -0.2) is 7.05 Å². The second kappa shape index (κ2) is 7.88. The summed E-state index contributed by atoms with van der Waals surface area (Å²) in [6.07, 6.45) is 3.54. The van der Waals surface area contributed by atoms with E-state index in [1.165, 1.54) is 41.8 Å². The third kappa shape index (κ3) is 3.83. The summed E-state index contributed by atoms with van der Waals surface area (Å²) in [5.74, 6) is 0.629. The Bertz CT molecular complexity index is 620. The maximum atomic E-state index is 2.36. The third-order valence-electron chi connectivity index (χ3n) is 5.97. The molecule has 0 radical (unpaired) electrons. The molecule has 0 aliphatic rings. The molecular formula is C23H33N. The zero-order valence-electron chi connectivity index (χ0n) is 16.3. The minimum Gasteiger partial charge on any atom is -0.345 e. The standard InChI is InChI=1S/C23H33N/c1-7-18(4)19-10-14-21(15-11-19)24(6)22-16-12-20(13-17-22)23(5,8-2)9-3/h10-18H,7-9H2,1-6H3. The van der Waals surface area contributed by atoms with Gasteiger partial charge in [0.1, 0.15) is 0 Å². The van der Waals surface area contributed by atoms with Crippen molar-refractivity contribution in [3.8, 4) is 0 Å². The zero-order chi connectivity index (χ0) is 17.7. The summed E-state index contributed by atoms with van der Waals surface area (Å²) in [5, 5.41) is 0. The van der Waals surface area contributed by atoms with Gasteiger partial charge in [-0.2, -0.15) is 0 Å². The van der Waals surface area contributed by atoms with Gasteiger partial charge in [0, 0.05) is 18.4 Å². The molecule has 0 aromatic heterocycles. The number of anilines is 2. The fraction of sp³-hybridized carbons (Fsp3) is 0.478. The van der Waals surface area contributed by atoms with E-state index in [1.54, 1.807) is 0 Å². The van der Waals surface area contributed by atoms with E-state index < -0.39 is 0 Å². The van der Waals surface area contributed by atoms with Crippen LogP contribution in [0.1, 0.15) is 70.9 Å². The van der Waals surface area contributed by atoms with Crippen molar-refractivity contribution in [2.45, 2.75) is 65.2 Å². The highest BCUT2D eigenvalue weighted by Gasteiger charge is 2.22. The lowest BCUT2D eigenvalue weighted by Gasteiger charge is -2.28. The van der Waals surface area contributed by atoms with Gasteiger partial charge >= 0.3 is 0 Å². The smallest absolute Gasteiger partial charge is 0.0408 e. The maximum absolute atomic E-state index is 2.36. The van der Waals surface area contributed by atoms with Crippen molar-refractivity contribution in [2.75, 3.05) is 11.9 Å². The van der Waals surface area contributed by atoms with Crippen molar-refractivity contribution >= 4 is 11.4 Å². The largest absolute Gasteiger partial charge is 0.345 e. The van der Waals surface area contributed by atoms with Gasteiger partial charge in [-0.3, -0.25) is 0 Å². The Kier molecular flexibility index (Phi) is 6.10. The number of benzene rings is 2. The molecule has 0 amide bonds. The Labute approximate surface area is 148 Å². The summed E-state index contributed by atoms with van der Waals surface area (Å²) < 4.78 is 0. The van der Waals surface area contributed by atoms with Crippen LogP contribution in [0.3, 0.4) is 0 Å².